The van der Waals surface area contributed by atoms with Crippen molar-refractivity contribution in [1.82, 2.24) is 4.90 Å². The summed E-state index contributed by atoms with van der Waals surface area (Å²) in [5, 5.41) is 0. The summed E-state index contributed by atoms with van der Waals surface area (Å²) in [6.07, 6.45) is 2.25. The third-order valence-electron chi connectivity index (χ3n) is 2.77. The third kappa shape index (κ3) is 3.22. The zero-order valence-electron chi connectivity index (χ0n) is 9.86. The highest BCUT2D eigenvalue weighted by Crippen LogP contribution is 2.29. The van der Waals surface area contributed by atoms with Gasteiger partial charge in [0.15, 0.2) is 0 Å². The van der Waals surface area contributed by atoms with Gasteiger partial charge in [-0.1, -0.05) is 0 Å². The summed E-state index contributed by atoms with van der Waals surface area (Å²) in [7, 11) is 0. The van der Waals surface area contributed by atoms with E-state index in [1.54, 1.807) is 4.90 Å². The van der Waals surface area contributed by atoms with E-state index in [0.29, 0.717) is 11.8 Å². The number of hydrogen-bond acceptors (Lipinski definition) is 2. The number of carbonyl (C=O) groups excluding carboxylic acids is 1. The van der Waals surface area contributed by atoms with E-state index in [9.17, 15) is 4.79 Å². The van der Waals surface area contributed by atoms with Crippen LogP contribution in [0.4, 0.5) is 0 Å². The average molecular weight is 211 g/mol. The molecule has 86 valence electrons. The summed E-state index contributed by atoms with van der Waals surface area (Å²) in [4.78, 5) is 17.9. The second-order valence-electron chi connectivity index (χ2n) is 4.01. The number of likely N-dealkylation sites (N-methyl/N-ethyl adjacent to an activating group) is 1. The quantitative estimate of drug-likeness (QED) is 0.545. The summed E-state index contributed by atoms with van der Waals surface area (Å²) in [5.74, 6) is 1.17. The summed E-state index contributed by atoms with van der Waals surface area (Å²) in [5.41, 5.74) is 5.78. The molecular weight excluding hydrogens is 190 g/mol. The Labute approximate surface area is 91.5 Å². The molecule has 1 fully saturated rings. The SMILES string of the molecule is CCN(CC)C(=O)C(C)N=C(N)C1CC1. The minimum atomic E-state index is -0.328. The van der Waals surface area contributed by atoms with E-state index < -0.39 is 0 Å². The van der Waals surface area contributed by atoms with E-state index in [0.717, 1.165) is 25.9 Å². The molecule has 15 heavy (non-hydrogen) atoms. The van der Waals surface area contributed by atoms with Gasteiger partial charge in [0.2, 0.25) is 5.91 Å². The molecule has 1 atom stereocenters. The molecule has 1 saturated carbocycles. The van der Waals surface area contributed by atoms with E-state index in [-0.39, 0.29) is 11.9 Å². The van der Waals surface area contributed by atoms with Gasteiger partial charge in [0.1, 0.15) is 6.04 Å². The lowest BCUT2D eigenvalue weighted by Gasteiger charge is -2.21. The van der Waals surface area contributed by atoms with Crippen molar-refractivity contribution in [1.29, 1.82) is 0 Å². The van der Waals surface area contributed by atoms with Crippen LogP contribution in [0.1, 0.15) is 33.6 Å². The maximum absolute atomic E-state index is 11.8. The maximum Gasteiger partial charge on any atom is 0.247 e. The standard InChI is InChI=1S/C11H21N3O/c1-4-14(5-2)11(15)8(3)13-10(12)9-6-7-9/h8-9H,4-7H2,1-3H3,(H2,12,13). The van der Waals surface area contributed by atoms with Crippen LogP contribution in [-0.2, 0) is 4.79 Å². The molecule has 0 heterocycles. The average Bonchev–Trinajstić information content (AvgIpc) is 3.02. The smallest absolute Gasteiger partial charge is 0.247 e. The molecule has 0 bridgehead atoms. The second-order valence-corrected chi connectivity index (χ2v) is 4.01. The van der Waals surface area contributed by atoms with Crippen LogP contribution < -0.4 is 5.73 Å². The van der Waals surface area contributed by atoms with E-state index in [1.807, 2.05) is 20.8 Å². The number of nitrogens with two attached hydrogens (primary N) is 1. The molecule has 1 amide bonds. The van der Waals surface area contributed by atoms with Gasteiger partial charge in [0.25, 0.3) is 0 Å². The second kappa shape index (κ2) is 5.14. The fraction of sp³-hybridized carbons (Fsp3) is 0.818. The molecular formula is C11H21N3O. The predicted molar refractivity (Wildman–Crippen MR) is 61.7 cm³/mol. The maximum atomic E-state index is 11.8. The summed E-state index contributed by atoms with van der Waals surface area (Å²) in [6.45, 7) is 7.23. The largest absolute Gasteiger partial charge is 0.387 e. The first kappa shape index (κ1) is 12.0. The molecule has 4 nitrogen and oxygen atoms in total. The van der Waals surface area contributed by atoms with Crippen LogP contribution in [0.5, 0.6) is 0 Å². The molecule has 1 aliphatic carbocycles. The van der Waals surface area contributed by atoms with E-state index in [1.165, 1.54) is 0 Å². The van der Waals surface area contributed by atoms with E-state index in [2.05, 4.69) is 4.99 Å². The highest BCUT2D eigenvalue weighted by molar-refractivity contribution is 5.89. The van der Waals surface area contributed by atoms with Gasteiger partial charge < -0.3 is 10.6 Å². The summed E-state index contributed by atoms with van der Waals surface area (Å²) >= 11 is 0. The number of amidine groups is 1. The first-order chi connectivity index (χ1) is 7.10. The van der Waals surface area contributed by atoms with Gasteiger partial charge >= 0.3 is 0 Å². The molecule has 0 spiro atoms. The molecule has 2 N–H and O–H groups in total. The Morgan fingerprint density at radius 1 is 1.47 bits per heavy atom. The highest BCUT2D eigenvalue weighted by atomic mass is 16.2. The molecule has 1 unspecified atom stereocenters. The Morgan fingerprint density at radius 2 is 2.00 bits per heavy atom. The zero-order chi connectivity index (χ0) is 11.4. The Kier molecular flexibility index (Phi) is 4.12. The molecule has 1 aliphatic rings. The lowest BCUT2D eigenvalue weighted by atomic mass is 10.3. The molecule has 0 aromatic heterocycles. The fourth-order valence-corrected chi connectivity index (χ4v) is 1.56. The van der Waals surface area contributed by atoms with Gasteiger partial charge in [-0.25, -0.2) is 0 Å². The normalized spacial score (nSPS) is 18.7. The molecule has 1 rings (SSSR count). The van der Waals surface area contributed by atoms with Gasteiger partial charge in [-0.15, -0.1) is 0 Å². The van der Waals surface area contributed by atoms with Crippen molar-refractivity contribution in [2.24, 2.45) is 16.6 Å². The predicted octanol–water partition coefficient (Wildman–Crippen LogP) is 1.01. The minimum Gasteiger partial charge on any atom is -0.387 e. The topological polar surface area (TPSA) is 58.7 Å². The zero-order valence-corrected chi connectivity index (χ0v) is 9.86. The first-order valence-corrected chi connectivity index (χ1v) is 5.72. The molecule has 4 heteroatoms. The van der Waals surface area contributed by atoms with Crippen LogP contribution in [0.2, 0.25) is 0 Å². The molecule has 0 saturated heterocycles. The molecule has 0 aliphatic heterocycles. The Morgan fingerprint density at radius 3 is 2.40 bits per heavy atom. The summed E-state index contributed by atoms with van der Waals surface area (Å²) < 4.78 is 0. The minimum absolute atomic E-state index is 0.0728. The van der Waals surface area contributed by atoms with Crippen molar-refractivity contribution < 1.29 is 4.79 Å². The van der Waals surface area contributed by atoms with Gasteiger partial charge in [-0.2, -0.15) is 0 Å². The van der Waals surface area contributed by atoms with Gasteiger partial charge in [0.05, 0.1) is 5.84 Å². The van der Waals surface area contributed by atoms with Crippen LogP contribution in [0.15, 0.2) is 4.99 Å². The number of hydrogen-bond donors (Lipinski definition) is 1. The summed E-state index contributed by atoms with van der Waals surface area (Å²) in [6, 6.07) is -0.328. The van der Waals surface area contributed by atoms with Crippen molar-refractivity contribution in [3.8, 4) is 0 Å². The van der Waals surface area contributed by atoms with Crippen molar-refractivity contribution in [2.75, 3.05) is 13.1 Å². The van der Waals surface area contributed by atoms with Crippen molar-refractivity contribution in [3.05, 3.63) is 0 Å². The van der Waals surface area contributed by atoms with Crippen LogP contribution >= 0.6 is 0 Å². The van der Waals surface area contributed by atoms with Gasteiger partial charge in [-0.05, 0) is 33.6 Å². The molecule has 0 aromatic rings. The Hall–Kier alpha value is -1.06. The lowest BCUT2D eigenvalue weighted by Crippen LogP contribution is -2.37. The molecule has 0 radical (unpaired) electrons. The van der Waals surface area contributed by atoms with Crippen molar-refractivity contribution >= 4 is 11.7 Å². The van der Waals surface area contributed by atoms with E-state index >= 15 is 0 Å². The van der Waals surface area contributed by atoms with Gasteiger partial charge in [0, 0.05) is 19.0 Å². The Bertz CT molecular complexity index is 255. The third-order valence-corrected chi connectivity index (χ3v) is 2.77. The first-order valence-electron chi connectivity index (χ1n) is 5.72. The monoisotopic (exact) mass is 211 g/mol. The number of aliphatic imine (C=N–C) groups is 1. The number of amides is 1. The lowest BCUT2D eigenvalue weighted by molar-refractivity contribution is -0.131. The van der Waals surface area contributed by atoms with E-state index in [4.69, 9.17) is 5.73 Å². The van der Waals surface area contributed by atoms with Crippen LogP contribution in [0, 0.1) is 5.92 Å². The van der Waals surface area contributed by atoms with Crippen molar-refractivity contribution in [3.63, 3.8) is 0 Å². The van der Waals surface area contributed by atoms with Crippen LogP contribution in [0.3, 0.4) is 0 Å². The molecule has 0 aromatic carbocycles. The number of nitrogens with zero attached hydrogens (tertiary/aromatic N) is 2. The van der Waals surface area contributed by atoms with Crippen LogP contribution in [-0.4, -0.2) is 35.8 Å². The number of rotatable bonds is 5. The highest BCUT2D eigenvalue weighted by Gasteiger charge is 2.27. The van der Waals surface area contributed by atoms with Gasteiger partial charge in [-0.3, -0.25) is 9.79 Å². The number of carbonyl (C=O) groups is 1. The van der Waals surface area contributed by atoms with Crippen LogP contribution in [0.25, 0.3) is 0 Å². The van der Waals surface area contributed by atoms with Crippen molar-refractivity contribution in [2.45, 2.75) is 39.7 Å². The Balaban J connectivity index is 2.54. The fourth-order valence-electron chi connectivity index (χ4n) is 1.56.